The van der Waals surface area contributed by atoms with Gasteiger partial charge >= 0.3 is 0 Å². The zero-order chi connectivity index (χ0) is 14.0. The predicted molar refractivity (Wildman–Crippen MR) is 85.2 cm³/mol. The van der Waals surface area contributed by atoms with E-state index in [-0.39, 0.29) is 5.43 Å². The number of aromatic nitrogens is 2. The van der Waals surface area contributed by atoms with Crippen molar-refractivity contribution in [3.63, 3.8) is 0 Å². The molecule has 3 heteroatoms. The van der Waals surface area contributed by atoms with E-state index in [9.17, 15) is 4.79 Å². The van der Waals surface area contributed by atoms with E-state index >= 15 is 0 Å². The van der Waals surface area contributed by atoms with Crippen LogP contribution in [0.1, 0.15) is 0 Å². The summed E-state index contributed by atoms with van der Waals surface area (Å²) in [5, 5.41) is 3.65. The molecular formula is C18H10N2O. The van der Waals surface area contributed by atoms with E-state index in [0.717, 1.165) is 38.1 Å². The third-order valence-corrected chi connectivity index (χ3v) is 4.20. The summed E-state index contributed by atoms with van der Waals surface area (Å²) in [7, 11) is 0. The van der Waals surface area contributed by atoms with Gasteiger partial charge in [0, 0.05) is 16.2 Å². The second-order valence-corrected chi connectivity index (χ2v) is 5.30. The normalized spacial score (nSPS) is 12.0. The highest BCUT2D eigenvalue weighted by atomic mass is 16.1. The largest absolute Gasteiger partial charge is 0.299 e. The summed E-state index contributed by atoms with van der Waals surface area (Å²) in [4.78, 5) is 17.3. The summed E-state index contributed by atoms with van der Waals surface area (Å²) in [6.07, 6.45) is 1.81. The fraction of sp³-hybridized carbons (Fsp3) is 0. The Morgan fingerprint density at radius 3 is 2.71 bits per heavy atom. The van der Waals surface area contributed by atoms with Crippen LogP contribution in [0.4, 0.5) is 0 Å². The van der Waals surface area contributed by atoms with Crippen LogP contribution < -0.4 is 5.43 Å². The number of rotatable bonds is 0. The number of benzene rings is 3. The minimum Gasteiger partial charge on any atom is -0.299 e. The molecule has 0 amide bonds. The van der Waals surface area contributed by atoms with Gasteiger partial charge in [-0.05, 0) is 29.7 Å². The lowest BCUT2D eigenvalue weighted by molar-refractivity contribution is 1.15. The maximum Gasteiger partial charge on any atom is 0.197 e. The van der Waals surface area contributed by atoms with Gasteiger partial charge in [-0.3, -0.25) is 9.20 Å². The van der Waals surface area contributed by atoms with E-state index in [4.69, 9.17) is 0 Å². The molecule has 0 aliphatic carbocycles. The fourth-order valence-corrected chi connectivity index (χ4v) is 3.26. The van der Waals surface area contributed by atoms with Crippen LogP contribution in [0, 0.1) is 0 Å². The topological polar surface area (TPSA) is 34.4 Å². The lowest BCUT2D eigenvalue weighted by Gasteiger charge is -2.13. The Labute approximate surface area is 119 Å². The zero-order valence-corrected chi connectivity index (χ0v) is 11.1. The van der Waals surface area contributed by atoms with Crippen LogP contribution in [-0.4, -0.2) is 9.38 Å². The van der Waals surface area contributed by atoms with Crippen LogP contribution in [0.5, 0.6) is 0 Å². The van der Waals surface area contributed by atoms with Gasteiger partial charge in [0.25, 0.3) is 0 Å². The Bertz CT molecular complexity index is 1190. The number of hydrogen-bond acceptors (Lipinski definition) is 2. The molecule has 0 saturated heterocycles. The average molecular weight is 270 g/mol. The molecule has 98 valence electrons. The first-order chi connectivity index (χ1) is 10.3. The van der Waals surface area contributed by atoms with Crippen molar-refractivity contribution in [3.05, 3.63) is 71.1 Å². The van der Waals surface area contributed by atoms with Crippen molar-refractivity contribution in [2.24, 2.45) is 0 Å². The SMILES string of the molecule is O=c1c2ccccc2n2cnc3cccc4ccc1c2c43. The van der Waals surface area contributed by atoms with Gasteiger partial charge in [-0.2, -0.15) is 0 Å². The van der Waals surface area contributed by atoms with Gasteiger partial charge in [-0.25, -0.2) is 4.98 Å². The van der Waals surface area contributed by atoms with Crippen molar-refractivity contribution in [2.45, 2.75) is 0 Å². The first kappa shape index (κ1) is 10.8. The van der Waals surface area contributed by atoms with Crippen LogP contribution in [0.25, 0.3) is 38.1 Å². The highest BCUT2D eigenvalue weighted by Crippen LogP contribution is 2.29. The summed E-state index contributed by atoms with van der Waals surface area (Å²) in [5.74, 6) is 0. The van der Waals surface area contributed by atoms with Crippen LogP contribution in [0.15, 0.2) is 65.7 Å². The van der Waals surface area contributed by atoms with E-state index in [1.165, 1.54) is 0 Å². The Morgan fingerprint density at radius 2 is 1.76 bits per heavy atom. The van der Waals surface area contributed by atoms with Gasteiger partial charge in [0.05, 0.1) is 16.6 Å². The molecule has 0 aliphatic heterocycles. The number of pyridine rings is 1. The lowest BCUT2D eigenvalue weighted by atomic mass is 10.0. The minimum absolute atomic E-state index is 0.0869. The van der Waals surface area contributed by atoms with Crippen LogP contribution in [-0.2, 0) is 0 Å². The Hall–Kier alpha value is -2.94. The van der Waals surface area contributed by atoms with E-state index in [0.29, 0.717) is 0 Å². The summed E-state index contributed by atoms with van der Waals surface area (Å²) in [6.45, 7) is 0. The van der Waals surface area contributed by atoms with Crippen molar-refractivity contribution < 1.29 is 0 Å². The predicted octanol–water partition coefficient (Wildman–Crippen LogP) is 3.59. The van der Waals surface area contributed by atoms with Gasteiger partial charge in [0.2, 0.25) is 0 Å². The Balaban J connectivity index is 2.29. The fourth-order valence-electron chi connectivity index (χ4n) is 3.26. The van der Waals surface area contributed by atoms with E-state index < -0.39 is 0 Å². The molecule has 0 radical (unpaired) electrons. The average Bonchev–Trinajstić information content (AvgIpc) is 2.55. The molecule has 0 atom stereocenters. The zero-order valence-electron chi connectivity index (χ0n) is 11.1. The molecule has 3 aromatic carbocycles. The lowest BCUT2D eigenvalue weighted by Crippen LogP contribution is -2.08. The molecule has 0 bridgehead atoms. The molecule has 0 saturated carbocycles. The van der Waals surface area contributed by atoms with Gasteiger partial charge in [-0.15, -0.1) is 0 Å². The molecule has 0 N–H and O–H groups in total. The van der Waals surface area contributed by atoms with E-state index in [2.05, 4.69) is 11.1 Å². The van der Waals surface area contributed by atoms with Crippen molar-refractivity contribution in [1.29, 1.82) is 0 Å². The molecule has 0 fully saturated rings. The molecule has 3 nitrogen and oxygen atoms in total. The summed E-state index contributed by atoms with van der Waals surface area (Å²) in [6, 6.07) is 17.7. The Morgan fingerprint density at radius 1 is 0.857 bits per heavy atom. The molecule has 2 aromatic heterocycles. The maximum absolute atomic E-state index is 12.8. The summed E-state index contributed by atoms with van der Waals surface area (Å²) < 4.78 is 2.03. The Kier molecular flexibility index (Phi) is 1.84. The van der Waals surface area contributed by atoms with Crippen LogP contribution >= 0.6 is 0 Å². The molecule has 0 spiro atoms. The van der Waals surface area contributed by atoms with Crippen LogP contribution in [0.2, 0.25) is 0 Å². The third kappa shape index (κ3) is 1.23. The van der Waals surface area contributed by atoms with Gasteiger partial charge < -0.3 is 0 Å². The van der Waals surface area contributed by atoms with Crippen molar-refractivity contribution in [3.8, 4) is 0 Å². The van der Waals surface area contributed by atoms with Gasteiger partial charge in [-0.1, -0.05) is 30.3 Å². The number of para-hydroxylation sites is 1. The molecule has 21 heavy (non-hydrogen) atoms. The molecular weight excluding hydrogens is 260 g/mol. The number of hydrogen-bond donors (Lipinski definition) is 0. The molecule has 0 aliphatic rings. The van der Waals surface area contributed by atoms with Crippen LogP contribution in [0.3, 0.4) is 0 Å². The minimum atomic E-state index is 0.0869. The van der Waals surface area contributed by atoms with Gasteiger partial charge in [0.1, 0.15) is 6.33 Å². The molecule has 2 heterocycles. The maximum atomic E-state index is 12.8. The van der Waals surface area contributed by atoms with Gasteiger partial charge in [0.15, 0.2) is 5.43 Å². The van der Waals surface area contributed by atoms with E-state index in [1.54, 1.807) is 0 Å². The smallest absolute Gasteiger partial charge is 0.197 e. The van der Waals surface area contributed by atoms with E-state index in [1.807, 2.05) is 59.3 Å². The van der Waals surface area contributed by atoms with Crippen molar-refractivity contribution in [1.82, 2.24) is 9.38 Å². The highest BCUT2D eigenvalue weighted by molar-refractivity contribution is 6.15. The molecule has 5 aromatic rings. The highest BCUT2D eigenvalue weighted by Gasteiger charge is 2.13. The third-order valence-electron chi connectivity index (χ3n) is 4.20. The van der Waals surface area contributed by atoms with Crippen molar-refractivity contribution in [2.75, 3.05) is 0 Å². The first-order valence-corrected chi connectivity index (χ1v) is 6.87. The first-order valence-electron chi connectivity index (χ1n) is 6.87. The molecule has 5 rings (SSSR count). The quantitative estimate of drug-likeness (QED) is 0.318. The van der Waals surface area contributed by atoms with Crippen molar-refractivity contribution >= 4 is 38.1 Å². The number of nitrogens with zero attached hydrogens (tertiary/aromatic N) is 2. The second kappa shape index (κ2) is 3.58. The number of fused-ring (bicyclic) bond motifs is 2. The molecule has 0 unspecified atom stereocenters. The second-order valence-electron chi connectivity index (χ2n) is 5.30. The standard InChI is InChI=1S/C18H10N2O/c21-18-12-5-1-2-7-15(12)20-10-19-14-6-3-4-11-8-9-13(18)17(20)16(11)14/h1-10H. The summed E-state index contributed by atoms with van der Waals surface area (Å²) >= 11 is 0. The monoisotopic (exact) mass is 270 g/mol. The summed E-state index contributed by atoms with van der Waals surface area (Å²) in [5.41, 5.74) is 2.87.